The SMILES string of the molecule is C#CCNC(=O)[C@@]1(O)[C@H](O)[C@]2(CC)C=CCN3CC[C@@]4(c5cc([C@@]6(C(=O)OC)C[C@@H]7CN(CCc8c6[nH]c6ccccc86)C[C@](O)(CC)C7)c(OC)cc5N(C)[C@@H]14)[C@@H]32. The van der Waals surface area contributed by atoms with Crippen molar-refractivity contribution in [3.8, 4) is 18.1 Å². The third-order valence-corrected chi connectivity index (χ3v) is 15.6. The van der Waals surface area contributed by atoms with Gasteiger partial charge >= 0.3 is 5.97 Å². The van der Waals surface area contributed by atoms with Crippen molar-refractivity contribution in [2.75, 3.05) is 65.4 Å². The number of hydrogen-bond donors (Lipinski definition) is 5. The minimum atomic E-state index is -2.28. The average molecular weight is 792 g/mol. The highest BCUT2D eigenvalue weighted by Crippen LogP contribution is 2.67. The van der Waals surface area contributed by atoms with E-state index in [2.05, 4.69) is 38.2 Å². The van der Waals surface area contributed by atoms with Gasteiger partial charge in [-0.25, -0.2) is 0 Å². The summed E-state index contributed by atoms with van der Waals surface area (Å²) in [5, 5.41) is 41.5. The molecule has 0 radical (unpaired) electrons. The number of carbonyl (C=O) groups excluding carboxylic acids is 2. The van der Waals surface area contributed by atoms with Crippen LogP contribution < -0.4 is 15.0 Å². The van der Waals surface area contributed by atoms with Gasteiger partial charge in [-0.3, -0.25) is 19.4 Å². The van der Waals surface area contributed by atoms with Crippen LogP contribution in [0, 0.1) is 23.7 Å². The molecule has 12 nitrogen and oxygen atoms in total. The molecule has 2 saturated heterocycles. The molecule has 1 aromatic heterocycles. The van der Waals surface area contributed by atoms with Crippen LogP contribution >= 0.6 is 0 Å². The quantitative estimate of drug-likeness (QED) is 0.137. The zero-order valence-corrected chi connectivity index (χ0v) is 34.3. The molecule has 5 N–H and O–H groups in total. The summed E-state index contributed by atoms with van der Waals surface area (Å²) in [5.74, 6) is 1.69. The Bertz CT molecular complexity index is 2250. The number of terminal acetylenes is 1. The fourth-order valence-electron chi connectivity index (χ4n) is 13.3. The molecule has 6 heterocycles. The van der Waals surface area contributed by atoms with Crippen LogP contribution in [0.15, 0.2) is 48.6 Å². The molecule has 2 aromatic carbocycles. The smallest absolute Gasteiger partial charge is 0.322 e. The molecule has 10 atom stereocenters. The summed E-state index contributed by atoms with van der Waals surface area (Å²) in [4.78, 5) is 40.2. The van der Waals surface area contributed by atoms with Gasteiger partial charge in [0.05, 0.1) is 32.4 Å². The van der Waals surface area contributed by atoms with Crippen LogP contribution in [-0.2, 0) is 31.6 Å². The Kier molecular flexibility index (Phi) is 9.15. The van der Waals surface area contributed by atoms with Crippen molar-refractivity contribution in [3.63, 3.8) is 0 Å². The number of benzene rings is 2. The summed E-state index contributed by atoms with van der Waals surface area (Å²) >= 11 is 0. The van der Waals surface area contributed by atoms with Gasteiger partial charge in [-0.2, -0.15) is 0 Å². The van der Waals surface area contributed by atoms with E-state index in [1.165, 1.54) is 7.11 Å². The van der Waals surface area contributed by atoms with Crippen LogP contribution in [0.5, 0.6) is 5.75 Å². The van der Waals surface area contributed by atoms with Gasteiger partial charge in [0, 0.05) is 84.0 Å². The monoisotopic (exact) mass is 791 g/mol. The summed E-state index contributed by atoms with van der Waals surface area (Å²) in [6, 6.07) is 11.0. The van der Waals surface area contributed by atoms with Gasteiger partial charge < -0.3 is 40.0 Å². The van der Waals surface area contributed by atoms with E-state index in [1.807, 2.05) is 62.2 Å². The Balaban J connectivity index is 1.35. The molecule has 1 aliphatic carbocycles. The average Bonchev–Trinajstić information content (AvgIpc) is 3.89. The number of nitrogens with one attached hydrogen (secondary N) is 2. The predicted octanol–water partition coefficient (Wildman–Crippen LogP) is 3.00. The van der Waals surface area contributed by atoms with Gasteiger partial charge in [-0.15, -0.1) is 6.42 Å². The van der Waals surface area contributed by atoms with E-state index in [9.17, 15) is 20.1 Å². The lowest BCUT2D eigenvalue weighted by atomic mass is 9.47. The second-order valence-electron chi connectivity index (χ2n) is 18.0. The number of anilines is 1. The number of para-hydroxylation sites is 1. The van der Waals surface area contributed by atoms with E-state index >= 15 is 4.79 Å². The molecular weight excluding hydrogens is 735 g/mol. The summed E-state index contributed by atoms with van der Waals surface area (Å²) in [5.41, 5.74) is -1.49. The third kappa shape index (κ3) is 4.94. The number of ether oxygens (including phenoxy) is 2. The van der Waals surface area contributed by atoms with E-state index in [4.69, 9.17) is 15.9 Å². The molecule has 1 saturated carbocycles. The van der Waals surface area contributed by atoms with Gasteiger partial charge in [0.1, 0.15) is 17.3 Å². The van der Waals surface area contributed by atoms with Gasteiger partial charge in [0.25, 0.3) is 5.91 Å². The number of nitrogens with zero attached hydrogens (tertiary/aromatic N) is 3. The maximum Gasteiger partial charge on any atom is 0.322 e. The number of H-pyrrole nitrogens is 1. The highest BCUT2D eigenvalue weighted by Gasteiger charge is 2.78. The van der Waals surface area contributed by atoms with Crippen molar-refractivity contribution in [1.82, 2.24) is 20.1 Å². The number of piperidine rings is 1. The number of hydrogen-bond acceptors (Lipinski definition) is 10. The van der Waals surface area contributed by atoms with Gasteiger partial charge in [0.15, 0.2) is 5.60 Å². The molecule has 1 unspecified atom stereocenters. The summed E-state index contributed by atoms with van der Waals surface area (Å²) in [7, 11) is 4.92. The molecule has 308 valence electrons. The Morgan fingerprint density at radius 2 is 1.86 bits per heavy atom. The lowest BCUT2D eigenvalue weighted by Gasteiger charge is -2.63. The second-order valence-corrected chi connectivity index (χ2v) is 18.0. The fourth-order valence-corrected chi connectivity index (χ4v) is 13.3. The predicted molar refractivity (Wildman–Crippen MR) is 221 cm³/mol. The molecule has 3 fully saturated rings. The number of likely N-dealkylation sites (N-methyl/N-ethyl adjacent to an activating group) is 1. The van der Waals surface area contributed by atoms with E-state index in [0.29, 0.717) is 82.6 Å². The van der Waals surface area contributed by atoms with Crippen molar-refractivity contribution >= 4 is 28.5 Å². The molecule has 5 aliphatic heterocycles. The first-order valence-electron chi connectivity index (χ1n) is 21.0. The second kappa shape index (κ2) is 13.6. The van der Waals surface area contributed by atoms with E-state index in [-0.39, 0.29) is 18.5 Å². The number of aliphatic hydroxyl groups excluding tert-OH is 1. The summed E-state index contributed by atoms with van der Waals surface area (Å²) in [6.45, 7) is 7.27. The van der Waals surface area contributed by atoms with Crippen molar-refractivity contribution in [3.05, 3.63) is 70.9 Å². The first-order chi connectivity index (χ1) is 27.8. The van der Waals surface area contributed by atoms with Crippen molar-refractivity contribution < 1.29 is 34.4 Å². The molecule has 9 rings (SSSR count). The van der Waals surface area contributed by atoms with Crippen molar-refractivity contribution in [1.29, 1.82) is 0 Å². The topological polar surface area (TPSA) is 151 Å². The summed E-state index contributed by atoms with van der Waals surface area (Å²) < 4.78 is 12.3. The number of esters is 1. The lowest BCUT2D eigenvalue weighted by Crippen LogP contribution is -2.81. The maximum absolute atomic E-state index is 15.3. The largest absolute Gasteiger partial charge is 0.496 e. The van der Waals surface area contributed by atoms with E-state index in [1.54, 1.807) is 7.11 Å². The van der Waals surface area contributed by atoms with Crippen LogP contribution in [0.4, 0.5) is 5.69 Å². The first kappa shape index (κ1) is 39.1. The van der Waals surface area contributed by atoms with E-state index in [0.717, 1.165) is 33.4 Å². The number of fused-ring (bicyclic) bond motifs is 6. The number of aromatic amines is 1. The van der Waals surface area contributed by atoms with Gasteiger partial charge in [-0.05, 0) is 74.2 Å². The molecule has 2 bridgehead atoms. The Morgan fingerprint density at radius 3 is 2.59 bits per heavy atom. The number of aromatic nitrogens is 1. The first-order valence-corrected chi connectivity index (χ1v) is 21.0. The van der Waals surface area contributed by atoms with E-state index < -0.39 is 51.5 Å². The van der Waals surface area contributed by atoms with Gasteiger partial charge in [0.2, 0.25) is 0 Å². The number of rotatable bonds is 7. The van der Waals surface area contributed by atoms with Crippen LogP contribution in [0.1, 0.15) is 68.3 Å². The van der Waals surface area contributed by atoms with Crippen molar-refractivity contribution in [2.24, 2.45) is 11.3 Å². The standard InChI is InChI=1S/C46H57N5O7/c1-7-18-47-40(53)46(56)38-44(17-21-51-19-12-16-43(9-3,37(44)51)39(46)52)31-22-32(35(57-5)23-34(31)49(38)4)45(41(54)58-6)25-28-24-42(55,8-2)27-50(26-28)20-15-30-29-13-10-11-14-33(29)48-36(30)45/h1,10-14,16,22-23,28,37-39,48,52,55-56H,8-9,15,17-21,24-27H2,2-6H3,(H,47,53)/t28-,37+,38-,39-,42+,43-,44-,45+,46+/m1/s1. The lowest BCUT2D eigenvalue weighted by molar-refractivity contribution is -0.203. The van der Waals surface area contributed by atoms with Crippen LogP contribution in [0.2, 0.25) is 0 Å². The Morgan fingerprint density at radius 1 is 1.07 bits per heavy atom. The van der Waals surface area contributed by atoms with Crippen LogP contribution in [0.3, 0.4) is 0 Å². The van der Waals surface area contributed by atoms with Crippen LogP contribution in [0.25, 0.3) is 10.9 Å². The highest BCUT2D eigenvalue weighted by atomic mass is 16.5. The molecule has 3 aromatic rings. The normalized spacial score (nSPS) is 37.4. The molecular formula is C46H57N5O7. The molecule has 1 amide bonds. The minimum Gasteiger partial charge on any atom is -0.496 e. The fraction of sp³-hybridized carbons (Fsp3) is 0.565. The zero-order valence-electron chi connectivity index (χ0n) is 34.3. The third-order valence-electron chi connectivity index (χ3n) is 15.6. The Labute approximate surface area is 340 Å². The number of amides is 1. The van der Waals surface area contributed by atoms with Crippen LogP contribution in [-0.4, -0.2) is 132 Å². The molecule has 6 aliphatic rings. The highest BCUT2D eigenvalue weighted by molar-refractivity contribution is 5.95. The number of aliphatic hydroxyl groups is 3. The molecule has 12 heteroatoms. The maximum atomic E-state index is 15.3. The van der Waals surface area contributed by atoms with Gasteiger partial charge in [-0.1, -0.05) is 50.1 Å². The molecule has 1 spiro atoms. The molecule has 58 heavy (non-hydrogen) atoms. The Hall–Kier alpha value is -4.38. The minimum absolute atomic E-state index is 0.0883. The summed E-state index contributed by atoms with van der Waals surface area (Å²) in [6.07, 6.45) is 11.4. The number of carbonyl (C=O) groups is 2. The number of methoxy groups -OCH3 is 2. The zero-order chi connectivity index (χ0) is 41.0. The van der Waals surface area contributed by atoms with Crippen molar-refractivity contribution in [2.45, 2.75) is 92.6 Å².